The molecule has 96 valence electrons. The van der Waals surface area contributed by atoms with E-state index in [-0.39, 0.29) is 17.0 Å². The van der Waals surface area contributed by atoms with Gasteiger partial charge in [0.2, 0.25) is 0 Å². The Morgan fingerprint density at radius 1 is 1.24 bits per heavy atom. The van der Waals surface area contributed by atoms with E-state index in [9.17, 15) is 8.42 Å². The van der Waals surface area contributed by atoms with E-state index in [1.165, 1.54) is 6.26 Å². The van der Waals surface area contributed by atoms with Gasteiger partial charge in [-0.3, -0.25) is 0 Å². The quantitative estimate of drug-likeness (QED) is 0.745. The van der Waals surface area contributed by atoms with Crippen molar-refractivity contribution in [2.24, 2.45) is 5.92 Å². The van der Waals surface area contributed by atoms with Crippen LogP contribution in [0.25, 0.3) is 0 Å². The van der Waals surface area contributed by atoms with Crippen LogP contribution < -0.4 is 0 Å². The molecule has 2 nitrogen and oxygen atoms in total. The van der Waals surface area contributed by atoms with Gasteiger partial charge in [-0.1, -0.05) is 37.3 Å². The zero-order valence-electron chi connectivity index (χ0n) is 10.3. The smallest absolute Gasteiger partial charge is 0.147 e. The van der Waals surface area contributed by atoms with Crippen LogP contribution in [0.4, 0.5) is 0 Å². The lowest BCUT2D eigenvalue weighted by Crippen LogP contribution is -2.08. The monoisotopic (exact) mass is 274 g/mol. The molecule has 0 aromatic heterocycles. The Balaban J connectivity index is 2.45. The minimum Gasteiger partial charge on any atom is -0.229 e. The molecule has 0 bridgehead atoms. The molecule has 0 heterocycles. The van der Waals surface area contributed by atoms with Gasteiger partial charge in [0.25, 0.3) is 0 Å². The summed E-state index contributed by atoms with van der Waals surface area (Å²) in [6, 6.07) is 9.90. The highest BCUT2D eigenvalue weighted by molar-refractivity contribution is 7.90. The molecular weight excluding hydrogens is 256 g/mol. The first-order valence-corrected chi connectivity index (χ1v) is 8.26. The molecule has 0 saturated heterocycles. The van der Waals surface area contributed by atoms with E-state index in [0.29, 0.717) is 6.42 Å². The van der Waals surface area contributed by atoms with Gasteiger partial charge in [0.1, 0.15) is 9.84 Å². The van der Waals surface area contributed by atoms with Crippen molar-refractivity contribution < 1.29 is 8.42 Å². The Morgan fingerprint density at radius 3 is 2.35 bits per heavy atom. The number of sulfone groups is 1. The third-order valence-corrected chi connectivity index (χ3v) is 4.50. The van der Waals surface area contributed by atoms with Gasteiger partial charge in [-0.15, -0.1) is 11.6 Å². The van der Waals surface area contributed by atoms with Crippen LogP contribution in [0.2, 0.25) is 0 Å². The van der Waals surface area contributed by atoms with E-state index < -0.39 is 9.84 Å². The Labute approximate surface area is 109 Å². The Hall–Kier alpha value is -0.540. The van der Waals surface area contributed by atoms with Crippen molar-refractivity contribution >= 4 is 21.4 Å². The predicted molar refractivity (Wildman–Crippen MR) is 73.1 cm³/mol. The van der Waals surface area contributed by atoms with Crippen LogP contribution in [-0.4, -0.2) is 20.4 Å². The Bertz CT molecular complexity index is 428. The van der Waals surface area contributed by atoms with Crippen molar-refractivity contribution in [1.82, 2.24) is 0 Å². The molecule has 0 fully saturated rings. The maximum absolute atomic E-state index is 11.0. The van der Waals surface area contributed by atoms with Crippen LogP contribution in [0.1, 0.15) is 30.7 Å². The third kappa shape index (κ3) is 5.55. The summed E-state index contributed by atoms with van der Waals surface area (Å²) in [5.41, 5.74) is 1.10. The van der Waals surface area contributed by atoms with Crippen molar-refractivity contribution in [3.05, 3.63) is 35.9 Å². The van der Waals surface area contributed by atoms with Crippen LogP contribution in [-0.2, 0) is 9.84 Å². The average Bonchev–Trinajstić information content (AvgIpc) is 2.27. The van der Waals surface area contributed by atoms with Gasteiger partial charge in [-0.05, 0) is 24.3 Å². The lowest BCUT2D eigenvalue weighted by molar-refractivity contribution is 0.505. The fourth-order valence-corrected chi connectivity index (χ4v) is 2.74. The van der Waals surface area contributed by atoms with Crippen LogP contribution >= 0.6 is 11.6 Å². The lowest BCUT2D eigenvalue weighted by Gasteiger charge is -2.18. The SMILES string of the molecule is CC(CCCS(C)(=O)=O)C(Cl)c1ccccc1. The van der Waals surface area contributed by atoms with Crippen molar-refractivity contribution in [3.8, 4) is 0 Å². The molecule has 0 aliphatic heterocycles. The van der Waals surface area contributed by atoms with Gasteiger partial charge in [0, 0.05) is 12.0 Å². The van der Waals surface area contributed by atoms with Gasteiger partial charge in [0.15, 0.2) is 0 Å². The van der Waals surface area contributed by atoms with E-state index in [0.717, 1.165) is 12.0 Å². The second-order valence-corrected chi connectivity index (χ2v) is 7.29. The number of hydrogen-bond acceptors (Lipinski definition) is 2. The summed E-state index contributed by atoms with van der Waals surface area (Å²) in [7, 11) is -2.85. The van der Waals surface area contributed by atoms with Crippen LogP contribution in [0.5, 0.6) is 0 Å². The summed E-state index contributed by atoms with van der Waals surface area (Å²) >= 11 is 6.36. The number of rotatable bonds is 6. The average molecular weight is 275 g/mol. The summed E-state index contributed by atoms with van der Waals surface area (Å²) in [5.74, 6) is 0.524. The minimum absolute atomic E-state index is 0.0456. The number of benzene rings is 1. The largest absolute Gasteiger partial charge is 0.229 e. The predicted octanol–water partition coefficient (Wildman–Crippen LogP) is 3.43. The molecule has 0 amide bonds. The minimum atomic E-state index is -2.85. The molecule has 0 spiro atoms. The van der Waals surface area contributed by atoms with Gasteiger partial charge >= 0.3 is 0 Å². The van der Waals surface area contributed by atoms with E-state index in [1.807, 2.05) is 30.3 Å². The molecule has 0 radical (unpaired) electrons. The molecule has 17 heavy (non-hydrogen) atoms. The number of alkyl halides is 1. The second kappa shape index (κ2) is 6.41. The molecule has 4 heteroatoms. The molecule has 0 aliphatic carbocycles. The Morgan fingerprint density at radius 2 is 1.82 bits per heavy atom. The van der Waals surface area contributed by atoms with Crippen LogP contribution in [0, 0.1) is 5.92 Å². The first-order valence-electron chi connectivity index (χ1n) is 5.77. The zero-order valence-corrected chi connectivity index (χ0v) is 11.8. The zero-order chi connectivity index (χ0) is 12.9. The molecule has 0 saturated carbocycles. The molecule has 0 aliphatic rings. The van der Waals surface area contributed by atoms with Gasteiger partial charge in [0.05, 0.1) is 5.38 Å². The number of hydrogen-bond donors (Lipinski definition) is 0. The lowest BCUT2D eigenvalue weighted by atomic mass is 9.96. The molecule has 2 unspecified atom stereocenters. The van der Waals surface area contributed by atoms with E-state index >= 15 is 0 Å². The highest BCUT2D eigenvalue weighted by Crippen LogP contribution is 2.31. The standard InChI is InChI=1S/C13H19ClO2S/c1-11(7-6-10-17(2,15)16)13(14)12-8-4-3-5-9-12/h3-5,8-9,11,13H,6-7,10H2,1-2H3. The third-order valence-electron chi connectivity index (χ3n) is 2.79. The summed E-state index contributed by atoms with van der Waals surface area (Å²) in [6.07, 6.45) is 2.78. The van der Waals surface area contributed by atoms with E-state index in [2.05, 4.69) is 6.92 Å². The normalized spacial score (nSPS) is 15.5. The maximum Gasteiger partial charge on any atom is 0.147 e. The molecule has 1 aromatic rings. The van der Waals surface area contributed by atoms with Gasteiger partial charge in [-0.2, -0.15) is 0 Å². The fourth-order valence-electron chi connectivity index (χ4n) is 1.78. The van der Waals surface area contributed by atoms with E-state index in [1.54, 1.807) is 0 Å². The van der Waals surface area contributed by atoms with Crippen molar-refractivity contribution in [2.75, 3.05) is 12.0 Å². The molecule has 1 aromatic carbocycles. The Kier molecular flexibility index (Phi) is 5.47. The summed E-state index contributed by atoms with van der Waals surface area (Å²) in [4.78, 5) is 0. The fraction of sp³-hybridized carbons (Fsp3) is 0.538. The summed E-state index contributed by atoms with van der Waals surface area (Å²) in [6.45, 7) is 2.06. The van der Waals surface area contributed by atoms with Crippen molar-refractivity contribution in [3.63, 3.8) is 0 Å². The van der Waals surface area contributed by atoms with Crippen molar-refractivity contribution in [2.45, 2.75) is 25.1 Å². The summed E-state index contributed by atoms with van der Waals surface area (Å²) < 4.78 is 22.0. The van der Waals surface area contributed by atoms with Gasteiger partial charge < -0.3 is 0 Å². The summed E-state index contributed by atoms with van der Waals surface area (Å²) in [5, 5.41) is -0.0456. The van der Waals surface area contributed by atoms with Gasteiger partial charge in [-0.25, -0.2) is 8.42 Å². The topological polar surface area (TPSA) is 34.1 Å². The molecular formula is C13H19ClO2S. The molecule has 0 N–H and O–H groups in total. The van der Waals surface area contributed by atoms with Crippen LogP contribution in [0.3, 0.4) is 0 Å². The second-order valence-electron chi connectivity index (χ2n) is 4.56. The van der Waals surface area contributed by atoms with Crippen LogP contribution in [0.15, 0.2) is 30.3 Å². The highest BCUT2D eigenvalue weighted by atomic mass is 35.5. The molecule has 2 atom stereocenters. The number of halogens is 1. The molecule has 1 rings (SSSR count). The highest BCUT2D eigenvalue weighted by Gasteiger charge is 2.16. The maximum atomic E-state index is 11.0. The van der Waals surface area contributed by atoms with E-state index in [4.69, 9.17) is 11.6 Å². The first-order chi connectivity index (χ1) is 7.90. The first kappa shape index (κ1) is 14.5. The van der Waals surface area contributed by atoms with Crippen molar-refractivity contribution in [1.29, 1.82) is 0 Å².